The summed E-state index contributed by atoms with van der Waals surface area (Å²) in [5.41, 5.74) is 0.764. The number of carbonyl (C=O) groups excluding carboxylic acids is 2. The van der Waals surface area contributed by atoms with Crippen molar-refractivity contribution in [1.29, 1.82) is 0 Å². The van der Waals surface area contributed by atoms with Gasteiger partial charge in [-0.15, -0.1) is 0 Å². The van der Waals surface area contributed by atoms with Crippen molar-refractivity contribution in [3.8, 4) is 0 Å². The van der Waals surface area contributed by atoms with Gasteiger partial charge in [-0.05, 0) is 24.0 Å². The minimum absolute atomic E-state index is 0.139. The van der Waals surface area contributed by atoms with Gasteiger partial charge in [0.05, 0.1) is 0 Å². The number of hydrogen-bond donors (Lipinski definition) is 5. The van der Waals surface area contributed by atoms with E-state index in [9.17, 15) is 24.3 Å². The molecule has 1 aromatic rings. The lowest BCUT2D eigenvalue weighted by Gasteiger charge is -2.21. The fourth-order valence-electron chi connectivity index (χ4n) is 2.23. The van der Waals surface area contributed by atoms with E-state index in [1.165, 1.54) is 11.8 Å². The predicted octanol–water partition coefficient (Wildman–Crippen LogP) is 0.304. The Bertz CT molecular complexity index is 655. The van der Waals surface area contributed by atoms with Crippen LogP contribution in [-0.2, 0) is 20.8 Å². The Morgan fingerprint density at radius 1 is 1.04 bits per heavy atom. The summed E-state index contributed by atoms with van der Waals surface area (Å²) in [7, 11) is 0. The number of carboxylic acids is 1. The summed E-state index contributed by atoms with van der Waals surface area (Å²) in [5.74, 6) is -1.94. The van der Waals surface area contributed by atoms with Crippen LogP contribution in [0, 0.1) is 0 Å². The van der Waals surface area contributed by atoms with E-state index in [4.69, 9.17) is 5.11 Å². The minimum Gasteiger partial charge on any atom is -0.480 e. The Morgan fingerprint density at radius 2 is 1.70 bits per heavy atom. The standard InChI is InChI=1S/C17H23N3O6S/c1-27-8-7-12(16(23)24)20-15(22)13(9-11-5-3-2-4-6-11)19-14(21)10-18-17(25)26/h2-6,12-13,18H,7-10H2,1H3,(H,19,21)(H,20,22)(H,23,24)(H,25,26)/t12-,13-/m0/s1. The molecule has 3 amide bonds. The molecule has 2 atom stereocenters. The summed E-state index contributed by atoms with van der Waals surface area (Å²) in [6, 6.07) is 6.78. The predicted molar refractivity (Wildman–Crippen MR) is 101 cm³/mol. The number of rotatable bonds is 11. The van der Waals surface area contributed by atoms with Crippen LogP contribution in [0.1, 0.15) is 12.0 Å². The second kappa shape index (κ2) is 11.8. The van der Waals surface area contributed by atoms with Crippen molar-refractivity contribution in [3.63, 3.8) is 0 Å². The normalized spacial score (nSPS) is 12.5. The molecule has 0 unspecified atom stereocenters. The number of aliphatic carboxylic acids is 1. The number of thioether (sulfide) groups is 1. The fourth-order valence-corrected chi connectivity index (χ4v) is 2.70. The molecule has 0 aliphatic heterocycles. The quantitative estimate of drug-likeness (QED) is 0.361. The van der Waals surface area contributed by atoms with E-state index in [1.54, 1.807) is 30.3 Å². The smallest absolute Gasteiger partial charge is 0.405 e. The fraction of sp³-hybridized carbons (Fsp3) is 0.412. The van der Waals surface area contributed by atoms with Crippen LogP contribution in [0.3, 0.4) is 0 Å². The van der Waals surface area contributed by atoms with Gasteiger partial charge in [-0.1, -0.05) is 30.3 Å². The Labute approximate surface area is 160 Å². The van der Waals surface area contributed by atoms with Crippen LogP contribution in [0.2, 0.25) is 0 Å². The molecule has 0 heterocycles. The molecule has 0 fully saturated rings. The number of amides is 3. The van der Waals surface area contributed by atoms with Gasteiger partial charge in [-0.3, -0.25) is 9.59 Å². The first-order valence-electron chi connectivity index (χ1n) is 8.15. The van der Waals surface area contributed by atoms with Crippen LogP contribution in [-0.4, -0.2) is 64.7 Å². The summed E-state index contributed by atoms with van der Waals surface area (Å²) in [6.45, 7) is -0.511. The molecule has 0 radical (unpaired) electrons. The van der Waals surface area contributed by atoms with E-state index >= 15 is 0 Å². The van der Waals surface area contributed by atoms with Crippen LogP contribution in [0.4, 0.5) is 4.79 Å². The summed E-state index contributed by atoms with van der Waals surface area (Å²) in [6.07, 6.45) is 0.848. The van der Waals surface area contributed by atoms with E-state index in [0.717, 1.165) is 5.56 Å². The number of carbonyl (C=O) groups is 4. The van der Waals surface area contributed by atoms with Gasteiger partial charge in [-0.2, -0.15) is 11.8 Å². The zero-order valence-corrected chi connectivity index (χ0v) is 15.6. The van der Waals surface area contributed by atoms with E-state index in [2.05, 4.69) is 10.6 Å². The largest absolute Gasteiger partial charge is 0.480 e. The van der Waals surface area contributed by atoms with Gasteiger partial charge in [0.25, 0.3) is 0 Å². The summed E-state index contributed by atoms with van der Waals surface area (Å²) in [5, 5.41) is 24.6. The van der Waals surface area contributed by atoms with Crippen molar-refractivity contribution < 1.29 is 29.4 Å². The maximum atomic E-state index is 12.6. The molecule has 0 bridgehead atoms. The molecule has 1 rings (SSSR count). The molecule has 10 heteroatoms. The maximum Gasteiger partial charge on any atom is 0.405 e. The molecule has 0 aliphatic carbocycles. The third kappa shape index (κ3) is 8.95. The first-order chi connectivity index (χ1) is 12.8. The van der Waals surface area contributed by atoms with E-state index in [0.29, 0.717) is 5.75 Å². The summed E-state index contributed by atoms with van der Waals surface area (Å²) < 4.78 is 0. The Morgan fingerprint density at radius 3 is 2.26 bits per heavy atom. The highest BCUT2D eigenvalue weighted by Crippen LogP contribution is 2.06. The van der Waals surface area contributed by atoms with Crippen molar-refractivity contribution >= 4 is 35.6 Å². The third-order valence-corrected chi connectivity index (χ3v) is 4.20. The van der Waals surface area contributed by atoms with Gasteiger partial charge in [0, 0.05) is 6.42 Å². The summed E-state index contributed by atoms with van der Waals surface area (Å²) in [4.78, 5) is 46.3. The van der Waals surface area contributed by atoms with Crippen molar-refractivity contribution in [2.45, 2.75) is 24.9 Å². The molecule has 0 aliphatic rings. The summed E-state index contributed by atoms with van der Waals surface area (Å²) >= 11 is 1.46. The van der Waals surface area contributed by atoms with Gasteiger partial charge in [0.2, 0.25) is 11.8 Å². The molecule has 148 valence electrons. The van der Waals surface area contributed by atoms with E-state index in [-0.39, 0.29) is 12.8 Å². The number of benzene rings is 1. The van der Waals surface area contributed by atoms with Crippen molar-refractivity contribution in [1.82, 2.24) is 16.0 Å². The first kappa shape index (κ1) is 22.3. The van der Waals surface area contributed by atoms with Gasteiger partial charge in [0.15, 0.2) is 0 Å². The second-order valence-corrected chi connectivity index (χ2v) is 6.64. The average molecular weight is 397 g/mol. The molecular formula is C17H23N3O6S. The SMILES string of the molecule is CSCC[C@H](NC(=O)[C@H](Cc1ccccc1)NC(=O)CNC(=O)O)C(=O)O. The highest BCUT2D eigenvalue weighted by atomic mass is 32.2. The molecule has 0 saturated carbocycles. The lowest BCUT2D eigenvalue weighted by atomic mass is 10.0. The highest BCUT2D eigenvalue weighted by molar-refractivity contribution is 7.98. The van der Waals surface area contributed by atoms with E-state index < -0.39 is 42.5 Å². The van der Waals surface area contributed by atoms with Crippen LogP contribution >= 0.6 is 11.8 Å². The lowest BCUT2D eigenvalue weighted by molar-refractivity contribution is -0.142. The molecule has 27 heavy (non-hydrogen) atoms. The van der Waals surface area contributed by atoms with Gasteiger partial charge in [0.1, 0.15) is 18.6 Å². The van der Waals surface area contributed by atoms with Gasteiger partial charge < -0.3 is 26.2 Å². The number of hydrogen-bond acceptors (Lipinski definition) is 5. The number of carboxylic acid groups (broad SMARTS) is 2. The zero-order valence-electron chi connectivity index (χ0n) is 14.8. The minimum atomic E-state index is -1.36. The van der Waals surface area contributed by atoms with Crippen LogP contribution in [0.15, 0.2) is 30.3 Å². The third-order valence-electron chi connectivity index (χ3n) is 3.56. The van der Waals surface area contributed by atoms with Crippen molar-refractivity contribution in [2.24, 2.45) is 0 Å². The highest BCUT2D eigenvalue weighted by Gasteiger charge is 2.26. The monoisotopic (exact) mass is 397 g/mol. The molecule has 0 saturated heterocycles. The van der Waals surface area contributed by atoms with Crippen molar-refractivity contribution in [2.75, 3.05) is 18.6 Å². The zero-order chi connectivity index (χ0) is 20.2. The van der Waals surface area contributed by atoms with Crippen LogP contribution in [0.25, 0.3) is 0 Å². The average Bonchev–Trinajstić information content (AvgIpc) is 2.63. The Kier molecular flexibility index (Phi) is 9.73. The lowest BCUT2D eigenvalue weighted by Crippen LogP contribution is -2.54. The second-order valence-electron chi connectivity index (χ2n) is 5.65. The topological polar surface area (TPSA) is 145 Å². The molecule has 5 N–H and O–H groups in total. The maximum absolute atomic E-state index is 12.6. The Hall–Kier alpha value is -2.75. The molecular weight excluding hydrogens is 374 g/mol. The van der Waals surface area contributed by atoms with Gasteiger partial charge >= 0.3 is 12.1 Å². The van der Waals surface area contributed by atoms with Crippen LogP contribution < -0.4 is 16.0 Å². The first-order valence-corrected chi connectivity index (χ1v) is 9.55. The molecule has 9 nitrogen and oxygen atoms in total. The molecule has 0 spiro atoms. The van der Waals surface area contributed by atoms with Crippen molar-refractivity contribution in [3.05, 3.63) is 35.9 Å². The van der Waals surface area contributed by atoms with E-state index in [1.807, 2.05) is 11.6 Å². The number of nitrogens with one attached hydrogen (secondary N) is 3. The van der Waals surface area contributed by atoms with Gasteiger partial charge in [-0.25, -0.2) is 9.59 Å². The molecule has 0 aromatic heterocycles. The van der Waals surface area contributed by atoms with Crippen LogP contribution in [0.5, 0.6) is 0 Å². The molecule has 1 aromatic carbocycles. The Balaban J connectivity index is 2.84.